The first kappa shape index (κ1) is 26.2. The van der Waals surface area contributed by atoms with E-state index in [1.165, 1.54) is 6.07 Å². The van der Waals surface area contributed by atoms with Gasteiger partial charge in [0, 0.05) is 43.2 Å². The molecule has 5 nitrogen and oxygen atoms in total. The lowest BCUT2D eigenvalue weighted by Crippen LogP contribution is -2.45. The number of hydrogen-bond donors (Lipinski definition) is 0. The molecule has 0 N–H and O–H groups in total. The van der Waals surface area contributed by atoms with Crippen LogP contribution in [0.4, 0.5) is 8.78 Å². The van der Waals surface area contributed by atoms with E-state index in [4.69, 9.17) is 0 Å². The number of hydrogen-bond acceptors (Lipinski definition) is 4. The zero-order valence-electron chi connectivity index (χ0n) is 21.5. The van der Waals surface area contributed by atoms with Crippen molar-refractivity contribution in [1.82, 2.24) is 19.7 Å². The molecule has 2 aromatic carbocycles. The molecule has 0 unspecified atom stereocenters. The average molecular weight is 495 g/mol. The standard InChI is InChI=1S/C29H36F2N4O/c1-4-33(5-2)16-17-34(6-3)20-22-10-9-15-35(22)29(36)24-19-28(21-13-14-25(30)26(31)18-21)32-27-12-8-7-11-23(24)27/h7-8,11-14,18-19,22H,4-6,9-10,15-17,20H2,1-3H3/t22-/m0/s1. The third-order valence-corrected chi connectivity index (χ3v) is 7.34. The summed E-state index contributed by atoms with van der Waals surface area (Å²) in [5, 5.41) is 0.772. The minimum atomic E-state index is -0.931. The van der Waals surface area contributed by atoms with E-state index in [9.17, 15) is 13.6 Å². The summed E-state index contributed by atoms with van der Waals surface area (Å²) in [6.07, 6.45) is 1.95. The van der Waals surface area contributed by atoms with Gasteiger partial charge in [-0.25, -0.2) is 13.8 Å². The second-order valence-corrected chi connectivity index (χ2v) is 9.42. The highest BCUT2D eigenvalue weighted by atomic mass is 19.2. The number of aromatic nitrogens is 1. The fourth-order valence-electron chi connectivity index (χ4n) is 5.10. The number of amides is 1. The second-order valence-electron chi connectivity index (χ2n) is 9.42. The zero-order valence-corrected chi connectivity index (χ0v) is 21.5. The molecule has 36 heavy (non-hydrogen) atoms. The van der Waals surface area contributed by atoms with Crippen LogP contribution in [0, 0.1) is 11.6 Å². The van der Waals surface area contributed by atoms with Crippen LogP contribution in [0.5, 0.6) is 0 Å². The number of likely N-dealkylation sites (tertiary alicyclic amines) is 1. The number of nitrogens with zero attached hydrogens (tertiary/aromatic N) is 4. The molecule has 0 radical (unpaired) electrons. The molecular weight excluding hydrogens is 458 g/mol. The van der Waals surface area contributed by atoms with Crippen LogP contribution in [0.25, 0.3) is 22.2 Å². The first-order valence-electron chi connectivity index (χ1n) is 13.1. The first-order valence-corrected chi connectivity index (χ1v) is 13.1. The van der Waals surface area contributed by atoms with Crippen LogP contribution in [0.15, 0.2) is 48.5 Å². The molecule has 3 aromatic rings. The van der Waals surface area contributed by atoms with Gasteiger partial charge in [0.1, 0.15) is 0 Å². The van der Waals surface area contributed by atoms with Crippen LogP contribution in [-0.2, 0) is 0 Å². The molecular formula is C29H36F2N4O. The quantitative estimate of drug-likeness (QED) is 0.376. The van der Waals surface area contributed by atoms with Gasteiger partial charge in [0.2, 0.25) is 0 Å². The van der Waals surface area contributed by atoms with E-state index in [1.807, 2.05) is 29.2 Å². The summed E-state index contributed by atoms with van der Waals surface area (Å²) in [4.78, 5) is 25.4. The molecule has 1 amide bonds. The summed E-state index contributed by atoms with van der Waals surface area (Å²) < 4.78 is 27.5. The minimum absolute atomic E-state index is 0.0280. The molecule has 0 spiro atoms. The molecule has 192 valence electrons. The Morgan fingerprint density at radius 1 is 0.972 bits per heavy atom. The van der Waals surface area contributed by atoms with Gasteiger partial charge in [0.15, 0.2) is 11.6 Å². The summed E-state index contributed by atoms with van der Waals surface area (Å²) in [6.45, 7) is 13.1. The topological polar surface area (TPSA) is 39.7 Å². The van der Waals surface area contributed by atoms with Gasteiger partial charge in [-0.05, 0) is 62.8 Å². The van der Waals surface area contributed by atoms with Gasteiger partial charge in [-0.3, -0.25) is 4.79 Å². The molecule has 0 aliphatic carbocycles. The smallest absolute Gasteiger partial charge is 0.254 e. The van der Waals surface area contributed by atoms with E-state index < -0.39 is 11.6 Å². The summed E-state index contributed by atoms with van der Waals surface area (Å²) in [7, 11) is 0. The fraction of sp³-hybridized carbons (Fsp3) is 0.448. The number of benzene rings is 2. The van der Waals surface area contributed by atoms with Crippen molar-refractivity contribution in [2.45, 2.75) is 39.7 Å². The molecule has 7 heteroatoms. The molecule has 4 rings (SSSR count). The van der Waals surface area contributed by atoms with Gasteiger partial charge in [0.05, 0.1) is 16.8 Å². The number of fused-ring (bicyclic) bond motifs is 1. The number of para-hydroxylation sites is 1. The summed E-state index contributed by atoms with van der Waals surface area (Å²) in [5.74, 6) is -1.86. The Bertz CT molecular complexity index is 1200. The first-order chi connectivity index (χ1) is 17.4. The van der Waals surface area contributed by atoms with E-state index in [1.54, 1.807) is 6.07 Å². The Labute approximate surface area is 212 Å². The van der Waals surface area contributed by atoms with Crippen LogP contribution in [0.3, 0.4) is 0 Å². The van der Waals surface area contributed by atoms with Crippen molar-refractivity contribution in [3.63, 3.8) is 0 Å². The van der Waals surface area contributed by atoms with E-state index in [-0.39, 0.29) is 11.9 Å². The van der Waals surface area contributed by atoms with Gasteiger partial charge < -0.3 is 14.7 Å². The van der Waals surface area contributed by atoms with Gasteiger partial charge >= 0.3 is 0 Å². The molecule has 1 fully saturated rings. The molecule has 0 bridgehead atoms. The molecule has 1 atom stereocenters. The van der Waals surface area contributed by atoms with Gasteiger partial charge in [-0.15, -0.1) is 0 Å². The SMILES string of the molecule is CCN(CC)CCN(CC)C[C@@H]1CCCN1C(=O)c1cc(-c2ccc(F)c(F)c2)nc2ccccc12. The maximum atomic E-state index is 14.0. The Morgan fingerprint density at radius 2 is 1.69 bits per heavy atom. The summed E-state index contributed by atoms with van der Waals surface area (Å²) in [5.41, 5.74) is 2.12. The normalized spacial score (nSPS) is 16.0. The zero-order chi connectivity index (χ0) is 25.7. The monoisotopic (exact) mass is 494 g/mol. The minimum Gasteiger partial charge on any atom is -0.334 e. The number of carbonyl (C=O) groups is 1. The predicted octanol–water partition coefficient (Wildman–Crippen LogP) is 5.45. The van der Waals surface area contributed by atoms with Crippen molar-refractivity contribution >= 4 is 16.8 Å². The maximum absolute atomic E-state index is 14.0. The third-order valence-electron chi connectivity index (χ3n) is 7.34. The number of rotatable bonds is 10. The largest absolute Gasteiger partial charge is 0.334 e. The molecule has 0 saturated carbocycles. The lowest BCUT2D eigenvalue weighted by molar-refractivity contribution is 0.0699. The highest BCUT2D eigenvalue weighted by molar-refractivity contribution is 6.07. The summed E-state index contributed by atoms with van der Waals surface area (Å²) >= 11 is 0. The van der Waals surface area contributed by atoms with Gasteiger partial charge in [0.25, 0.3) is 5.91 Å². The van der Waals surface area contributed by atoms with Crippen LogP contribution in [0.1, 0.15) is 44.0 Å². The predicted molar refractivity (Wildman–Crippen MR) is 141 cm³/mol. The van der Waals surface area contributed by atoms with Gasteiger partial charge in [-0.2, -0.15) is 0 Å². The number of pyridine rings is 1. The Morgan fingerprint density at radius 3 is 2.42 bits per heavy atom. The number of halogens is 2. The van der Waals surface area contributed by atoms with E-state index in [0.29, 0.717) is 28.9 Å². The van der Waals surface area contributed by atoms with Crippen molar-refractivity contribution in [2.75, 3.05) is 45.8 Å². The van der Waals surface area contributed by atoms with Crippen molar-refractivity contribution in [1.29, 1.82) is 0 Å². The average Bonchev–Trinajstić information content (AvgIpc) is 3.37. The van der Waals surface area contributed by atoms with Crippen LogP contribution >= 0.6 is 0 Å². The summed E-state index contributed by atoms with van der Waals surface area (Å²) in [6, 6.07) is 13.1. The Hall–Kier alpha value is -2.90. The second kappa shape index (κ2) is 11.9. The molecule has 2 heterocycles. The molecule has 1 saturated heterocycles. The van der Waals surface area contributed by atoms with Crippen LogP contribution < -0.4 is 0 Å². The lowest BCUT2D eigenvalue weighted by atomic mass is 10.0. The third kappa shape index (κ3) is 5.73. The van der Waals surface area contributed by atoms with Crippen molar-refractivity contribution < 1.29 is 13.6 Å². The van der Waals surface area contributed by atoms with Gasteiger partial charge in [-0.1, -0.05) is 39.0 Å². The highest BCUT2D eigenvalue weighted by Gasteiger charge is 2.31. The van der Waals surface area contributed by atoms with Crippen LogP contribution in [-0.4, -0.2) is 77.4 Å². The van der Waals surface area contributed by atoms with Crippen molar-refractivity contribution in [3.8, 4) is 11.3 Å². The van der Waals surface area contributed by atoms with Crippen molar-refractivity contribution in [3.05, 3.63) is 65.7 Å². The maximum Gasteiger partial charge on any atom is 0.254 e. The molecule has 1 aliphatic heterocycles. The Kier molecular flexibility index (Phi) is 8.64. The number of carbonyl (C=O) groups excluding carboxylic acids is 1. The number of likely N-dealkylation sites (N-methyl/N-ethyl adjacent to an activating group) is 2. The van der Waals surface area contributed by atoms with E-state index in [2.05, 4.69) is 35.6 Å². The van der Waals surface area contributed by atoms with E-state index >= 15 is 0 Å². The van der Waals surface area contributed by atoms with Crippen molar-refractivity contribution in [2.24, 2.45) is 0 Å². The lowest BCUT2D eigenvalue weighted by Gasteiger charge is -2.32. The Balaban J connectivity index is 1.61. The highest BCUT2D eigenvalue weighted by Crippen LogP contribution is 2.29. The van der Waals surface area contributed by atoms with Crippen LogP contribution in [0.2, 0.25) is 0 Å². The fourth-order valence-corrected chi connectivity index (χ4v) is 5.10. The molecule has 1 aromatic heterocycles. The van der Waals surface area contributed by atoms with E-state index in [0.717, 1.165) is 69.6 Å². The molecule has 1 aliphatic rings.